The van der Waals surface area contributed by atoms with Gasteiger partial charge in [0.15, 0.2) is 0 Å². The van der Waals surface area contributed by atoms with E-state index in [-0.39, 0.29) is 17.7 Å². The molecule has 8 heteroatoms. The number of nitrogens with one attached hydrogen (secondary N) is 2. The van der Waals surface area contributed by atoms with Gasteiger partial charge in [-0.1, -0.05) is 30.3 Å². The number of nitrogens with zero attached hydrogens (tertiary/aromatic N) is 1. The number of rotatable bonds is 7. The van der Waals surface area contributed by atoms with Gasteiger partial charge in [0.25, 0.3) is 0 Å². The van der Waals surface area contributed by atoms with Crippen molar-refractivity contribution in [1.29, 1.82) is 0 Å². The predicted molar refractivity (Wildman–Crippen MR) is 102 cm³/mol. The fraction of sp³-hybridized carbons (Fsp3) is 0.500. The fourth-order valence-corrected chi connectivity index (χ4v) is 3.82. The second-order valence-electron chi connectivity index (χ2n) is 7.34. The summed E-state index contributed by atoms with van der Waals surface area (Å²) >= 11 is 0. The SMILES string of the molecule is NC(=O)[C@@H]1CCCN1C(=O)[C@@H](CCc1ccccc1)NC(=O)[C@@H]1CCC(=O)N1. The Kier molecular flexibility index (Phi) is 6.28. The maximum absolute atomic E-state index is 13.1. The van der Waals surface area contributed by atoms with Crippen molar-refractivity contribution in [3.8, 4) is 0 Å². The molecule has 0 spiro atoms. The Bertz CT molecular complexity index is 752. The van der Waals surface area contributed by atoms with Crippen LogP contribution in [-0.2, 0) is 25.6 Å². The van der Waals surface area contributed by atoms with Gasteiger partial charge >= 0.3 is 0 Å². The molecule has 2 saturated heterocycles. The molecule has 2 aliphatic rings. The van der Waals surface area contributed by atoms with E-state index in [1.165, 1.54) is 4.90 Å². The minimum Gasteiger partial charge on any atom is -0.368 e. The van der Waals surface area contributed by atoms with E-state index in [2.05, 4.69) is 10.6 Å². The second-order valence-corrected chi connectivity index (χ2v) is 7.34. The number of likely N-dealkylation sites (tertiary alicyclic amines) is 1. The summed E-state index contributed by atoms with van der Waals surface area (Å²) in [5, 5.41) is 5.41. The quantitative estimate of drug-likeness (QED) is 0.604. The summed E-state index contributed by atoms with van der Waals surface area (Å²) in [6.45, 7) is 0.449. The molecule has 28 heavy (non-hydrogen) atoms. The van der Waals surface area contributed by atoms with Crippen molar-refractivity contribution < 1.29 is 19.2 Å². The largest absolute Gasteiger partial charge is 0.368 e. The van der Waals surface area contributed by atoms with Gasteiger partial charge in [-0.05, 0) is 37.7 Å². The first-order valence-corrected chi connectivity index (χ1v) is 9.69. The zero-order chi connectivity index (χ0) is 20.1. The van der Waals surface area contributed by atoms with Gasteiger partial charge in [-0.2, -0.15) is 0 Å². The molecule has 4 amide bonds. The summed E-state index contributed by atoms with van der Waals surface area (Å²) < 4.78 is 0. The van der Waals surface area contributed by atoms with E-state index < -0.39 is 24.0 Å². The Hall–Kier alpha value is -2.90. The third-order valence-corrected chi connectivity index (χ3v) is 5.36. The molecular weight excluding hydrogens is 360 g/mol. The van der Waals surface area contributed by atoms with Crippen molar-refractivity contribution in [2.45, 2.75) is 56.7 Å². The number of hydrogen-bond acceptors (Lipinski definition) is 4. The lowest BCUT2D eigenvalue weighted by molar-refractivity contribution is -0.141. The molecule has 3 rings (SSSR count). The molecule has 8 nitrogen and oxygen atoms in total. The first-order valence-electron chi connectivity index (χ1n) is 9.69. The number of amides is 4. The van der Waals surface area contributed by atoms with E-state index in [1.807, 2.05) is 30.3 Å². The molecule has 2 fully saturated rings. The fourth-order valence-electron chi connectivity index (χ4n) is 3.82. The Morgan fingerprint density at radius 3 is 2.61 bits per heavy atom. The highest BCUT2D eigenvalue weighted by Gasteiger charge is 2.37. The molecule has 0 saturated carbocycles. The van der Waals surface area contributed by atoms with Crippen LogP contribution in [0.1, 0.15) is 37.7 Å². The summed E-state index contributed by atoms with van der Waals surface area (Å²) in [7, 11) is 0. The molecule has 1 aromatic carbocycles. The summed E-state index contributed by atoms with van der Waals surface area (Å²) in [5.74, 6) is -1.36. The Balaban J connectivity index is 1.71. The first kappa shape index (κ1) is 19.9. The van der Waals surface area contributed by atoms with Gasteiger partial charge in [0.05, 0.1) is 0 Å². The highest BCUT2D eigenvalue weighted by molar-refractivity contribution is 5.95. The van der Waals surface area contributed by atoms with Gasteiger partial charge in [-0.15, -0.1) is 0 Å². The van der Waals surface area contributed by atoms with Crippen molar-refractivity contribution in [3.63, 3.8) is 0 Å². The van der Waals surface area contributed by atoms with Crippen LogP contribution in [0.25, 0.3) is 0 Å². The Morgan fingerprint density at radius 2 is 1.96 bits per heavy atom. The number of benzene rings is 1. The van der Waals surface area contributed by atoms with E-state index in [4.69, 9.17) is 5.73 Å². The lowest BCUT2D eigenvalue weighted by Crippen LogP contribution is -2.55. The van der Waals surface area contributed by atoms with Gasteiger partial charge in [-0.3, -0.25) is 19.2 Å². The molecule has 150 valence electrons. The number of carbonyl (C=O) groups excluding carboxylic acids is 4. The minimum atomic E-state index is -0.773. The van der Waals surface area contributed by atoms with Gasteiger partial charge in [0, 0.05) is 13.0 Å². The van der Waals surface area contributed by atoms with Crippen molar-refractivity contribution in [1.82, 2.24) is 15.5 Å². The average molecular weight is 386 g/mol. The van der Waals surface area contributed by atoms with Crippen LogP contribution in [0.3, 0.4) is 0 Å². The van der Waals surface area contributed by atoms with E-state index in [0.29, 0.717) is 45.1 Å². The van der Waals surface area contributed by atoms with E-state index in [1.54, 1.807) is 0 Å². The molecule has 1 aromatic rings. The Morgan fingerprint density at radius 1 is 1.21 bits per heavy atom. The molecule has 0 radical (unpaired) electrons. The first-order chi connectivity index (χ1) is 13.5. The second kappa shape index (κ2) is 8.86. The van der Waals surface area contributed by atoms with E-state index >= 15 is 0 Å². The van der Waals surface area contributed by atoms with Gasteiger partial charge in [-0.25, -0.2) is 0 Å². The molecular formula is C20H26N4O4. The highest BCUT2D eigenvalue weighted by Crippen LogP contribution is 2.20. The summed E-state index contributed by atoms with van der Waals surface area (Å²) in [4.78, 5) is 50.2. The maximum Gasteiger partial charge on any atom is 0.245 e. The van der Waals surface area contributed by atoms with Crippen molar-refractivity contribution in [2.75, 3.05) is 6.54 Å². The topological polar surface area (TPSA) is 122 Å². The standard InChI is InChI=1S/C20H26N4O4/c21-18(26)16-7-4-12-24(16)20(28)15(9-8-13-5-2-1-3-6-13)23-19(27)14-10-11-17(25)22-14/h1-3,5-6,14-16H,4,7-12H2,(H2,21,26)(H,22,25)(H,23,27)/t14-,15+,16-/m0/s1. The molecule has 2 aliphatic heterocycles. The number of aryl methyl sites for hydroxylation is 1. The summed E-state index contributed by atoms with van der Waals surface area (Å²) in [5.41, 5.74) is 6.49. The van der Waals surface area contributed by atoms with Crippen LogP contribution in [0.15, 0.2) is 30.3 Å². The monoisotopic (exact) mass is 386 g/mol. The van der Waals surface area contributed by atoms with E-state index in [0.717, 1.165) is 5.56 Å². The third-order valence-electron chi connectivity index (χ3n) is 5.36. The average Bonchev–Trinajstić information content (AvgIpc) is 3.34. The molecule has 0 aromatic heterocycles. The van der Waals surface area contributed by atoms with Gasteiger partial charge < -0.3 is 21.3 Å². The molecule has 0 aliphatic carbocycles. The number of carbonyl (C=O) groups is 4. The lowest BCUT2D eigenvalue weighted by Gasteiger charge is -2.28. The smallest absolute Gasteiger partial charge is 0.245 e. The van der Waals surface area contributed by atoms with E-state index in [9.17, 15) is 19.2 Å². The zero-order valence-electron chi connectivity index (χ0n) is 15.7. The minimum absolute atomic E-state index is 0.166. The van der Waals surface area contributed by atoms with Crippen molar-refractivity contribution in [3.05, 3.63) is 35.9 Å². The lowest BCUT2D eigenvalue weighted by atomic mass is 10.0. The van der Waals surface area contributed by atoms with Crippen LogP contribution in [0.5, 0.6) is 0 Å². The molecule has 0 bridgehead atoms. The van der Waals surface area contributed by atoms with Crippen LogP contribution in [-0.4, -0.2) is 53.2 Å². The van der Waals surface area contributed by atoms with Crippen LogP contribution >= 0.6 is 0 Å². The van der Waals surface area contributed by atoms with Crippen LogP contribution in [0, 0.1) is 0 Å². The molecule has 2 heterocycles. The summed E-state index contributed by atoms with van der Waals surface area (Å²) in [6, 6.07) is 7.65. The van der Waals surface area contributed by atoms with Crippen LogP contribution in [0.2, 0.25) is 0 Å². The zero-order valence-corrected chi connectivity index (χ0v) is 15.7. The highest BCUT2D eigenvalue weighted by atomic mass is 16.2. The van der Waals surface area contributed by atoms with Crippen molar-refractivity contribution >= 4 is 23.6 Å². The number of primary amides is 1. The van der Waals surface area contributed by atoms with Crippen LogP contribution < -0.4 is 16.4 Å². The van der Waals surface area contributed by atoms with Crippen molar-refractivity contribution in [2.24, 2.45) is 5.73 Å². The van der Waals surface area contributed by atoms with Crippen LogP contribution in [0.4, 0.5) is 0 Å². The summed E-state index contributed by atoms with van der Waals surface area (Å²) in [6.07, 6.45) is 2.96. The molecule has 0 unspecified atom stereocenters. The van der Waals surface area contributed by atoms with Gasteiger partial charge in [0.1, 0.15) is 18.1 Å². The number of hydrogen-bond donors (Lipinski definition) is 3. The molecule has 3 atom stereocenters. The Labute approximate surface area is 163 Å². The van der Waals surface area contributed by atoms with Gasteiger partial charge in [0.2, 0.25) is 23.6 Å². The normalized spacial score (nSPS) is 22.6. The third kappa shape index (κ3) is 4.68. The maximum atomic E-state index is 13.1. The predicted octanol–water partition coefficient (Wildman–Crippen LogP) is -0.141. The molecule has 4 N–H and O–H groups in total. The number of nitrogens with two attached hydrogens (primary N) is 1.